The molecule has 0 aromatic carbocycles. The third kappa shape index (κ3) is 4.18. The summed E-state index contributed by atoms with van der Waals surface area (Å²) in [6, 6.07) is 0.134. The van der Waals surface area contributed by atoms with Gasteiger partial charge in [0.2, 0.25) is 5.91 Å². The molecule has 1 aliphatic rings. The number of rotatable bonds is 4. The van der Waals surface area contributed by atoms with Crippen molar-refractivity contribution in [1.82, 2.24) is 5.32 Å². The minimum Gasteiger partial charge on any atom is -0.392 e. The molecule has 0 aliphatic heterocycles. The van der Waals surface area contributed by atoms with E-state index in [1.807, 2.05) is 0 Å². The van der Waals surface area contributed by atoms with Gasteiger partial charge in [-0.2, -0.15) is 0 Å². The highest BCUT2D eigenvalue weighted by Gasteiger charge is 2.22. The number of nitrogens with two attached hydrogens (primary N) is 1. The quantitative estimate of drug-likeness (QED) is 0.593. The van der Waals surface area contributed by atoms with Crippen molar-refractivity contribution in [3.05, 3.63) is 0 Å². The van der Waals surface area contributed by atoms with Gasteiger partial charge in [0.05, 0.1) is 6.10 Å². The van der Waals surface area contributed by atoms with Crippen LogP contribution in [0.2, 0.25) is 0 Å². The molecule has 15 heavy (non-hydrogen) atoms. The summed E-state index contributed by atoms with van der Waals surface area (Å²) < 4.78 is 0. The van der Waals surface area contributed by atoms with Crippen molar-refractivity contribution in [2.75, 3.05) is 6.54 Å². The molecule has 1 rings (SSSR count). The van der Waals surface area contributed by atoms with Crippen molar-refractivity contribution < 1.29 is 9.90 Å². The molecule has 0 spiro atoms. The van der Waals surface area contributed by atoms with E-state index >= 15 is 0 Å². The molecule has 1 fully saturated rings. The van der Waals surface area contributed by atoms with E-state index in [2.05, 4.69) is 5.32 Å². The minimum absolute atomic E-state index is 0.134. The molecule has 4 heteroatoms. The molecule has 0 aromatic heterocycles. The van der Waals surface area contributed by atoms with E-state index < -0.39 is 0 Å². The van der Waals surface area contributed by atoms with Crippen LogP contribution in [0, 0.1) is 5.92 Å². The number of carbonyl (C=O) groups excluding carboxylic acids is 1. The first-order valence-corrected chi connectivity index (χ1v) is 5.82. The van der Waals surface area contributed by atoms with Crippen molar-refractivity contribution in [2.24, 2.45) is 11.7 Å². The van der Waals surface area contributed by atoms with Crippen molar-refractivity contribution in [2.45, 2.75) is 51.2 Å². The van der Waals surface area contributed by atoms with Crippen LogP contribution in [0.25, 0.3) is 0 Å². The number of amides is 1. The van der Waals surface area contributed by atoms with E-state index in [-0.39, 0.29) is 24.0 Å². The van der Waals surface area contributed by atoms with Gasteiger partial charge in [0.25, 0.3) is 0 Å². The van der Waals surface area contributed by atoms with Gasteiger partial charge in [0, 0.05) is 18.5 Å². The number of carbonyl (C=O) groups is 1. The second kappa shape index (κ2) is 6.08. The Balaban J connectivity index is 2.32. The van der Waals surface area contributed by atoms with Gasteiger partial charge in [-0.15, -0.1) is 0 Å². The Morgan fingerprint density at radius 1 is 1.47 bits per heavy atom. The largest absolute Gasteiger partial charge is 0.392 e. The van der Waals surface area contributed by atoms with E-state index in [1.165, 1.54) is 6.42 Å². The van der Waals surface area contributed by atoms with Crippen LogP contribution in [0.15, 0.2) is 0 Å². The molecule has 3 atom stereocenters. The molecule has 0 aromatic rings. The highest BCUT2D eigenvalue weighted by atomic mass is 16.3. The number of aliphatic hydroxyl groups is 1. The Morgan fingerprint density at radius 3 is 2.80 bits per heavy atom. The smallest absolute Gasteiger partial charge is 0.221 e. The van der Waals surface area contributed by atoms with Gasteiger partial charge in [-0.25, -0.2) is 0 Å². The SMILES string of the molecule is CC(CNC1CCCCCC1O)C(N)=O. The summed E-state index contributed by atoms with van der Waals surface area (Å²) in [7, 11) is 0. The maximum absolute atomic E-state index is 10.8. The third-order valence-corrected chi connectivity index (χ3v) is 3.15. The van der Waals surface area contributed by atoms with E-state index in [4.69, 9.17) is 5.73 Å². The first-order valence-electron chi connectivity index (χ1n) is 5.82. The number of hydrogen-bond acceptors (Lipinski definition) is 3. The summed E-state index contributed by atoms with van der Waals surface area (Å²) in [5, 5.41) is 13.1. The molecule has 0 bridgehead atoms. The van der Waals surface area contributed by atoms with Crippen LogP contribution in [-0.2, 0) is 4.79 Å². The van der Waals surface area contributed by atoms with Crippen LogP contribution in [0.3, 0.4) is 0 Å². The normalized spacial score (nSPS) is 29.5. The van der Waals surface area contributed by atoms with E-state index in [1.54, 1.807) is 6.92 Å². The molecular weight excluding hydrogens is 192 g/mol. The van der Waals surface area contributed by atoms with Gasteiger partial charge >= 0.3 is 0 Å². The van der Waals surface area contributed by atoms with Crippen LogP contribution < -0.4 is 11.1 Å². The van der Waals surface area contributed by atoms with Crippen molar-refractivity contribution in [1.29, 1.82) is 0 Å². The van der Waals surface area contributed by atoms with Gasteiger partial charge in [-0.3, -0.25) is 4.79 Å². The van der Waals surface area contributed by atoms with E-state index in [9.17, 15) is 9.90 Å². The van der Waals surface area contributed by atoms with Crippen LogP contribution in [0.1, 0.15) is 39.0 Å². The number of aliphatic hydroxyl groups excluding tert-OH is 1. The van der Waals surface area contributed by atoms with Crippen LogP contribution in [0.5, 0.6) is 0 Å². The summed E-state index contributed by atoms with van der Waals surface area (Å²) >= 11 is 0. The highest BCUT2D eigenvalue weighted by Crippen LogP contribution is 2.18. The lowest BCUT2D eigenvalue weighted by molar-refractivity contribution is -0.121. The number of hydrogen-bond donors (Lipinski definition) is 3. The molecule has 88 valence electrons. The predicted octanol–water partition coefficient (Wildman–Crippen LogP) is 0.391. The summed E-state index contributed by atoms with van der Waals surface area (Å²) in [4.78, 5) is 10.8. The first kappa shape index (κ1) is 12.5. The monoisotopic (exact) mass is 214 g/mol. The maximum atomic E-state index is 10.8. The summed E-state index contributed by atoms with van der Waals surface area (Å²) in [6.07, 6.45) is 5.04. The van der Waals surface area contributed by atoms with E-state index in [0.717, 1.165) is 25.7 Å². The zero-order valence-electron chi connectivity index (χ0n) is 9.41. The standard InChI is InChI=1S/C11H22N2O2/c1-8(11(12)15)7-13-9-5-3-2-4-6-10(9)14/h8-10,13-14H,2-7H2,1H3,(H2,12,15). The lowest BCUT2D eigenvalue weighted by atomic mass is 10.0. The fourth-order valence-electron chi connectivity index (χ4n) is 1.95. The molecule has 0 radical (unpaired) electrons. The fourth-order valence-corrected chi connectivity index (χ4v) is 1.95. The molecule has 4 N–H and O–H groups in total. The summed E-state index contributed by atoms with van der Waals surface area (Å²) in [5.74, 6) is -0.453. The second-order valence-electron chi connectivity index (χ2n) is 4.52. The van der Waals surface area contributed by atoms with E-state index in [0.29, 0.717) is 6.54 Å². The average molecular weight is 214 g/mol. The molecule has 3 unspecified atom stereocenters. The summed E-state index contributed by atoms with van der Waals surface area (Å²) in [5.41, 5.74) is 5.18. The fraction of sp³-hybridized carbons (Fsp3) is 0.909. The van der Waals surface area contributed by atoms with Gasteiger partial charge in [0.15, 0.2) is 0 Å². The molecule has 1 aliphatic carbocycles. The Hall–Kier alpha value is -0.610. The zero-order valence-corrected chi connectivity index (χ0v) is 9.41. The number of primary amides is 1. The number of nitrogens with one attached hydrogen (secondary N) is 1. The molecule has 1 saturated carbocycles. The van der Waals surface area contributed by atoms with Crippen molar-refractivity contribution >= 4 is 5.91 Å². The highest BCUT2D eigenvalue weighted by molar-refractivity contribution is 5.76. The molecule has 1 amide bonds. The minimum atomic E-state index is -0.286. The lowest BCUT2D eigenvalue weighted by Gasteiger charge is -2.23. The van der Waals surface area contributed by atoms with Crippen LogP contribution in [-0.4, -0.2) is 29.7 Å². The molecule has 4 nitrogen and oxygen atoms in total. The maximum Gasteiger partial charge on any atom is 0.221 e. The van der Waals surface area contributed by atoms with Crippen LogP contribution >= 0.6 is 0 Å². The van der Waals surface area contributed by atoms with Crippen molar-refractivity contribution in [3.63, 3.8) is 0 Å². The van der Waals surface area contributed by atoms with Gasteiger partial charge in [-0.1, -0.05) is 26.2 Å². The molecule has 0 heterocycles. The lowest BCUT2D eigenvalue weighted by Crippen LogP contribution is -2.43. The van der Waals surface area contributed by atoms with Crippen LogP contribution in [0.4, 0.5) is 0 Å². The Kier molecular flexibility index (Phi) is 5.05. The first-order chi connectivity index (χ1) is 7.11. The zero-order chi connectivity index (χ0) is 11.3. The topological polar surface area (TPSA) is 75.3 Å². The average Bonchev–Trinajstić information content (AvgIpc) is 2.39. The molecular formula is C11H22N2O2. The molecule has 0 saturated heterocycles. The van der Waals surface area contributed by atoms with Gasteiger partial charge < -0.3 is 16.2 Å². The Morgan fingerprint density at radius 2 is 2.13 bits per heavy atom. The van der Waals surface area contributed by atoms with Crippen molar-refractivity contribution in [3.8, 4) is 0 Å². The van der Waals surface area contributed by atoms with Gasteiger partial charge in [-0.05, 0) is 12.8 Å². The second-order valence-corrected chi connectivity index (χ2v) is 4.52. The Labute approximate surface area is 91.2 Å². The third-order valence-electron chi connectivity index (χ3n) is 3.15. The summed E-state index contributed by atoms with van der Waals surface area (Å²) in [6.45, 7) is 2.37. The predicted molar refractivity (Wildman–Crippen MR) is 59.2 cm³/mol. The Bertz CT molecular complexity index is 209. The van der Waals surface area contributed by atoms with Gasteiger partial charge in [0.1, 0.15) is 0 Å².